The maximum Gasteiger partial charge on any atom is 0.0451 e. The number of rotatable bonds is 7. The molecular formula is C14H22BrClN2. The molecule has 102 valence electrons. The smallest absolute Gasteiger partial charge is 0.0451 e. The van der Waals surface area contributed by atoms with Crippen LogP contribution in [0.5, 0.6) is 0 Å². The number of nitrogens with one attached hydrogen (secondary N) is 1. The Bertz CT molecular complexity index is 369. The van der Waals surface area contributed by atoms with Gasteiger partial charge in [-0.2, -0.15) is 0 Å². The van der Waals surface area contributed by atoms with Gasteiger partial charge in [0.25, 0.3) is 0 Å². The molecule has 0 aliphatic rings. The second-order valence-electron chi connectivity index (χ2n) is 5.07. The minimum absolute atomic E-state index is 0.704. The van der Waals surface area contributed by atoms with Gasteiger partial charge in [-0.25, -0.2) is 0 Å². The molecule has 0 saturated carbocycles. The molecule has 1 aromatic carbocycles. The highest BCUT2D eigenvalue weighted by Gasteiger charge is 2.05. The quantitative estimate of drug-likeness (QED) is 0.764. The van der Waals surface area contributed by atoms with Crippen LogP contribution < -0.4 is 5.32 Å². The summed E-state index contributed by atoms with van der Waals surface area (Å²) in [7, 11) is 2.12. The van der Waals surface area contributed by atoms with Crippen molar-refractivity contribution in [3.8, 4) is 0 Å². The van der Waals surface area contributed by atoms with E-state index < -0.39 is 0 Å². The maximum atomic E-state index is 6.18. The first-order valence-corrected chi connectivity index (χ1v) is 7.49. The Hall–Kier alpha value is -0.0900. The zero-order valence-electron chi connectivity index (χ0n) is 11.3. The normalized spacial score (nSPS) is 11.5. The lowest BCUT2D eigenvalue weighted by molar-refractivity contribution is 0.321. The standard InChI is InChI=1S/C14H22BrClN2/c1-11(2)9-17-6-7-18(3)10-12-8-13(15)4-5-14(12)16/h4-5,8,11,17H,6-7,9-10H2,1-3H3. The lowest BCUT2D eigenvalue weighted by Gasteiger charge is -2.18. The van der Waals surface area contributed by atoms with Crippen LogP contribution in [0.4, 0.5) is 0 Å². The second kappa shape index (κ2) is 8.16. The minimum Gasteiger partial charge on any atom is -0.315 e. The fourth-order valence-corrected chi connectivity index (χ4v) is 2.28. The fourth-order valence-electron chi connectivity index (χ4n) is 1.69. The van der Waals surface area contributed by atoms with Crippen LogP contribution in [0.3, 0.4) is 0 Å². The number of halogens is 2. The van der Waals surface area contributed by atoms with Gasteiger partial charge in [-0.15, -0.1) is 0 Å². The topological polar surface area (TPSA) is 15.3 Å². The first-order chi connectivity index (χ1) is 8.49. The SMILES string of the molecule is CC(C)CNCCN(C)Cc1cc(Br)ccc1Cl. The van der Waals surface area contributed by atoms with Gasteiger partial charge in [0.2, 0.25) is 0 Å². The number of likely N-dealkylation sites (N-methyl/N-ethyl adjacent to an activating group) is 1. The first-order valence-electron chi connectivity index (χ1n) is 6.32. The Morgan fingerprint density at radius 3 is 2.78 bits per heavy atom. The largest absolute Gasteiger partial charge is 0.315 e. The molecule has 0 heterocycles. The second-order valence-corrected chi connectivity index (χ2v) is 6.39. The first kappa shape index (κ1) is 16.0. The van der Waals surface area contributed by atoms with Crippen molar-refractivity contribution in [1.82, 2.24) is 10.2 Å². The van der Waals surface area contributed by atoms with Gasteiger partial charge in [0, 0.05) is 29.1 Å². The molecule has 0 aromatic heterocycles. The predicted octanol–water partition coefficient (Wildman–Crippen LogP) is 3.78. The van der Waals surface area contributed by atoms with Crippen molar-refractivity contribution in [2.45, 2.75) is 20.4 Å². The summed E-state index contributed by atoms with van der Waals surface area (Å²) < 4.78 is 1.08. The molecular weight excluding hydrogens is 312 g/mol. The summed E-state index contributed by atoms with van der Waals surface area (Å²) in [4.78, 5) is 2.28. The van der Waals surface area contributed by atoms with Crippen LogP contribution in [0.1, 0.15) is 19.4 Å². The molecule has 0 aliphatic carbocycles. The monoisotopic (exact) mass is 332 g/mol. The molecule has 18 heavy (non-hydrogen) atoms. The fraction of sp³-hybridized carbons (Fsp3) is 0.571. The molecule has 4 heteroatoms. The molecule has 0 spiro atoms. The van der Waals surface area contributed by atoms with Gasteiger partial charge in [-0.3, -0.25) is 0 Å². The number of nitrogens with zero attached hydrogens (tertiary/aromatic N) is 1. The van der Waals surface area contributed by atoms with E-state index >= 15 is 0 Å². The Morgan fingerprint density at radius 1 is 1.39 bits per heavy atom. The molecule has 0 amide bonds. The van der Waals surface area contributed by atoms with Gasteiger partial charge in [-0.05, 0) is 43.3 Å². The van der Waals surface area contributed by atoms with Crippen LogP contribution >= 0.6 is 27.5 Å². The molecule has 0 unspecified atom stereocenters. The van der Waals surface area contributed by atoms with Crippen molar-refractivity contribution in [3.05, 3.63) is 33.3 Å². The van der Waals surface area contributed by atoms with E-state index in [0.29, 0.717) is 5.92 Å². The van der Waals surface area contributed by atoms with Crippen molar-refractivity contribution in [2.75, 3.05) is 26.7 Å². The van der Waals surface area contributed by atoms with Crippen molar-refractivity contribution in [1.29, 1.82) is 0 Å². The summed E-state index contributed by atoms with van der Waals surface area (Å²) in [5.41, 5.74) is 1.16. The van der Waals surface area contributed by atoms with Crippen molar-refractivity contribution >= 4 is 27.5 Å². The van der Waals surface area contributed by atoms with E-state index in [4.69, 9.17) is 11.6 Å². The highest BCUT2D eigenvalue weighted by molar-refractivity contribution is 9.10. The van der Waals surface area contributed by atoms with E-state index in [1.54, 1.807) is 0 Å². The summed E-state index contributed by atoms with van der Waals surface area (Å²) in [6.07, 6.45) is 0. The number of benzene rings is 1. The van der Waals surface area contributed by atoms with Crippen LogP contribution in [-0.4, -0.2) is 31.6 Å². The highest BCUT2D eigenvalue weighted by atomic mass is 79.9. The molecule has 0 atom stereocenters. The van der Waals surface area contributed by atoms with Crippen LogP contribution in [0.2, 0.25) is 5.02 Å². The van der Waals surface area contributed by atoms with Crippen molar-refractivity contribution in [3.63, 3.8) is 0 Å². The van der Waals surface area contributed by atoms with E-state index in [0.717, 1.165) is 41.2 Å². The van der Waals surface area contributed by atoms with Crippen LogP contribution in [0.25, 0.3) is 0 Å². The van der Waals surface area contributed by atoms with E-state index in [9.17, 15) is 0 Å². The zero-order valence-corrected chi connectivity index (χ0v) is 13.7. The summed E-state index contributed by atoms with van der Waals surface area (Å²) in [6, 6.07) is 5.99. The summed E-state index contributed by atoms with van der Waals surface area (Å²) in [5.74, 6) is 0.704. The molecule has 0 fully saturated rings. The van der Waals surface area contributed by atoms with Gasteiger partial charge in [0.15, 0.2) is 0 Å². The molecule has 2 nitrogen and oxygen atoms in total. The van der Waals surface area contributed by atoms with Crippen molar-refractivity contribution in [2.24, 2.45) is 5.92 Å². The Labute approximate surface area is 124 Å². The Kier molecular flexibility index (Phi) is 7.23. The number of hydrogen-bond donors (Lipinski definition) is 1. The molecule has 0 bridgehead atoms. The van der Waals surface area contributed by atoms with Gasteiger partial charge in [-0.1, -0.05) is 41.4 Å². The zero-order chi connectivity index (χ0) is 13.5. The van der Waals surface area contributed by atoms with E-state index in [2.05, 4.69) is 53.1 Å². The molecule has 0 radical (unpaired) electrons. The third-order valence-electron chi connectivity index (χ3n) is 2.67. The van der Waals surface area contributed by atoms with Crippen LogP contribution in [0.15, 0.2) is 22.7 Å². The average Bonchev–Trinajstić information content (AvgIpc) is 2.29. The lowest BCUT2D eigenvalue weighted by atomic mass is 10.2. The predicted molar refractivity (Wildman–Crippen MR) is 83.2 cm³/mol. The molecule has 0 saturated heterocycles. The summed E-state index contributed by atoms with van der Waals surface area (Å²) in [5, 5.41) is 4.28. The van der Waals surface area contributed by atoms with Gasteiger partial charge >= 0.3 is 0 Å². The molecule has 1 N–H and O–H groups in total. The molecule has 1 rings (SSSR count). The van der Waals surface area contributed by atoms with Crippen LogP contribution in [0, 0.1) is 5.92 Å². The van der Waals surface area contributed by atoms with Crippen molar-refractivity contribution < 1.29 is 0 Å². The van der Waals surface area contributed by atoms with E-state index in [1.165, 1.54) is 0 Å². The minimum atomic E-state index is 0.704. The Balaban J connectivity index is 2.35. The highest BCUT2D eigenvalue weighted by Crippen LogP contribution is 2.21. The third-order valence-corrected chi connectivity index (χ3v) is 3.53. The van der Waals surface area contributed by atoms with E-state index in [-0.39, 0.29) is 0 Å². The average molecular weight is 334 g/mol. The van der Waals surface area contributed by atoms with Gasteiger partial charge < -0.3 is 10.2 Å². The van der Waals surface area contributed by atoms with E-state index in [1.807, 2.05) is 12.1 Å². The number of hydrogen-bond acceptors (Lipinski definition) is 2. The van der Waals surface area contributed by atoms with Gasteiger partial charge in [0.1, 0.15) is 0 Å². The maximum absolute atomic E-state index is 6.18. The summed E-state index contributed by atoms with van der Waals surface area (Å²) >= 11 is 9.66. The lowest BCUT2D eigenvalue weighted by Crippen LogP contribution is -2.30. The van der Waals surface area contributed by atoms with Crippen LogP contribution in [-0.2, 0) is 6.54 Å². The third kappa shape index (κ3) is 6.19. The summed E-state index contributed by atoms with van der Waals surface area (Å²) in [6.45, 7) is 8.43. The molecule has 1 aromatic rings. The van der Waals surface area contributed by atoms with Gasteiger partial charge in [0.05, 0.1) is 0 Å². The Morgan fingerprint density at radius 2 is 2.11 bits per heavy atom. The molecule has 0 aliphatic heterocycles.